The summed E-state index contributed by atoms with van der Waals surface area (Å²) in [6.45, 7) is 6.42. The number of aliphatic hydroxyl groups excluding tert-OH is 1. The molecule has 0 radical (unpaired) electrons. The number of aliphatic imine (C=N–C) groups is 1. The molecule has 0 bridgehead atoms. The summed E-state index contributed by atoms with van der Waals surface area (Å²) in [5.74, 6) is 2.99. The van der Waals surface area contributed by atoms with Crippen molar-refractivity contribution < 1.29 is 19.0 Å². The van der Waals surface area contributed by atoms with E-state index in [4.69, 9.17) is 24.0 Å². The van der Waals surface area contributed by atoms with Gasteiger partial charge in [-0.2, -0.15) is 0 Å². The van der Waals surface area contributed by atoms with E-state index >= 15 is 0 Å². The Morgan fingerprint density at radius 1 is 1.18 bits per heavy atom. The Morgan fingerprint density at radius 2 is 2.00 bits per heavy atom. The first-order valence-electron chi connectivity index (χ1n) is 11.4. The number of nitrogens with one attached hydrogen (secondary N) is 2. The predicted octanol–water partition coefficient (Wildman–Crippen LogP) is 3.56. The summed E-state index contributed by atoms with van der Waals surface area (Å²) in [5.41, 5.74) is 1.01. The monoisotopic (exact) mass is 572 g/mol. The topological polar surface area (TPSA) is 91.5 Å². The lowest BCUT2D eigenvalue weighted by Crippen LogP contribution is -2.44. The van der Waals surface area contributed by atoms with E-state index in [0.29, 0.717) is 18.0 Å². The first-order chi connectivity index (χ1) is 15.7. The number of furan rings is 1. The van der Waals surface area contributed by atoms with Crippen molar-refractivity contribution in [2.24, 2.45) is 4.99 Å². The fourth-order valence-corrected chi connectivity index (χ4v) is 3.91. The van der Waals surface area contributed by atoms with Crippen molar-refractivity contribution in [3.8, 4) is 11.5 Å². The molecule has 0 spiro atoms. The maximum atomic E-state index is 8.97. The molecule has 0 saturated carbocycles. The first kappa shape index (κ1) is 27.3. The number of methoxy groups -OCH3 is 1. The van der Waals surface area contributed by atoms with E-state index in [1.807, 2.05) is 24.3 Å². The number of guanidine groups is 1. The average Bonchev–Trinajstić information content (AvgIpc) is 3.36. The van der Waals surface area contributed by atoms with Crippen molar-refractivity contribution in [2.45, 2.75) is 38.8 Å². The lowest BCUT2D eigenvalue weighted by molar-refractivity contribution is 0.146. The van der Waals surface area contributed by atoms with E-state index in [0.717, 1.165) is 43.5 Å². The van der Waals surface area contributed by atoms with Crippen molar-refractivity contribution >= 4 is 29.9 Å². The molecule has 184 valence electrons. The number of nitrogens with zero attached hydrogens (tertiary/aromatic N) is 2. The normalized spacial score (nSPS) is 15.4. The minimum absolute atomic E-state index is 0. The van der Waals surface area contributed by atoms with Crippen LogP contribution in [0.4, 0.5) is 0 Å². The lowest BCUT2D eigenvalue weighted by atomic mass is 10.1. The van der Waals surface area contributed by atoms with Crippen LogP contribution < -0.4 is 20.1 Å². The second-order valence-electron chi connectivity index (χ2n) is 7.76. The number of hydrogen-bond donors (Lipinski definition) is 3. The van der Waals surface area contributed by atoms with Gasteiger partial charge in [0.05, 0.1) is 32.6 Å². The number of benzene rings is 1. The molecule has 1 aromatic carbocycles. The van der Waals surface area contributed by atoms with Gasteiger partial charge in [-0.15, -0.1) is 24.0 Å². The molecule has 1 unspecified atom stereocenters. The van der Waals surface area contributed by atoms with Crippen LogP contribution in [0.2, 0.25) is 0 Å². The molecule has 8 nitrogen and oxygen atoms in total. The molecule has 2 heterocycles. The van der Waals surface area contributed by atoms with E-state index < -0.39 is 0 Å². The summed E-state index contributed by atoms with van der Waals surface area (Å²) in [6, 6.07) is 9.91. The van der Waals surface area contributed by atoms with Gasteiger partial charge in [-0.05, 0) is 62.7 Å². The van der Waals surface area contributed by atoms with Gasteiger partial charge >= 0.3 is 0 Å². The van der Waals surface area contributed by atoms with E-state index in [2.05, 4.69) is 28.5 Å². The van der Waals surface area contributed by atoms with Gasteiger partial charge < -0.3 is 29.6 Å². The van der Waals surface area contributed by atoms with Crippen LogP contribution in [-0.4, -0.2) is 62.5 Å². The fourth-order valence-electron chi connectivity index (χ4n) is 3.91. The molecule has 1 aromatic heterocycles. The highest BCUT2D eigenvalue weighted by Crippen LogP contribution is 2.28. The lowest BCUT2D eigenvalue weighted by Gasteiger charge is -2.33. The molecule has 2 aromatic rings. The minimum Gasteiger partial charge on any atom is -0.493 e. The van der Waals surface area contributed by atoms with Crippen molar-refractivity contribution in [3.63, 3.8) is 0 Å². The number of aliphatic hydroxyl groups is 1. The van der Waals surface area contributed by atoms with Crippen molar-refractivity contribution in [3.05, 3.63) is 47.9 Å². The number of halogens is 1. The molecule has 1 aliphatic rings. The number of likely N-dealkylation sites (tertiary alicyclic amines) is 1. The van der Waals surface area contributed by atoms with Gasteiger partial charge in [-0.3, -0.25) is 4.90 Å². The zero-order valence-corrected chi connectivity index (χ0v) is 21.9. The van der Waals surface area contributed by atoms with Crippen LogP contribution in [0.5, 0.6) is 11.5 Å². The molecule has 1 saturated heterocycles. The number of rotatable bonds is 11. The highest BCUT2D eigenvalue weighted by molar-refractivity contribution is 14.0. The predicted molar refractivity (Wildman–Crippen MR) is 141 cm³/mol. The largest absolute Gasteiger partial charge is 0.493 e. The summed E-state index contributed by atoms with van der Waals surface area (Å²) < 4.78 is 16.7. The van der Waals surface area contributed by atoms with Crippen LogP contribution in [0.1, 0.15) is 43.6 Å². The van der Waals surface area contributed by atoms with Gasteiger partial charge in [0.1, 0.15) is 12.4 Å². The summed E-state index contributed by atoms with van der Waals surface area (Å²) in [5, 5.41) is 15.8. The molecule has 1 atom stereocenters. The van der Waals surface area contributed by atoms with Gasteiger partial charge in [0, 0.05) is 13.1 Å². The Balaban J connectivity index is 0.00000385. The third kappa shape index (κ3) is 8.38. The fraction of sp³-hybridized carbons (Fsp3) is 0.542. The van der Waals surface area contributed by atoms with Crippen LogP contribution in [0.25, 0.3) is 0 Å². The smallest absolute Gasteiger partial charge is 0.191 e. The van der Waals surface area contributed by atoms with E-state index in [1.165, 1.54) is 19.3 Å². The highest BCUT2D eigenvalue weighted by Gasteiger charge is 2.24. The standard InChI is InChI=1S/C24H36N4O4.HI/c1-3-25-24(26-17-19-9-10-22(32-15-13-29)23(16-19)30-2)27-18-20(21-8-7-14-31-21)28-11-5-4-6-12-28;/h7-10,14,16,20,29H,3-6,11-13,15,17-18H2,1-2H3,(H2,25,26,27);1H. The Hall–Kier alpha value is -1.98. The Kier molecular flexibility index (Phi) is 12.4. The van der Waals surface area contributed by atoms with Crippen LogP contribution in [-0.2, 0) is 6.54 Å². The van der Waals surface area contributed by atoms with Crippen LogP contribution >= 0.6 is 24.0 Å². The van der Waals surface area contributed by atoms with Gasteiger partial charge in [0.2, 0.25) is 0 Å². The molecule has 0 aliphatic carbocycles. The number of hydrogen-bond acceptors (Lipinski definition) is 6. The van der Waals surface area contributed by atoms with Gasteiger partial charge in [0.25, 0.3) is 0 Å². The van der Waals surface area contributed by atoms with Crippen molar-refractivity contribution in [1.82, 2.24) is 15.5 Å². The maximum Gasteiger partial charge on any atom is 0.191 e. The zero-order valence-electron chi connectivity index (χ0n) is 19.6. The van der Waals surface area contributed by atoms with Crippen LogP contribution in [0.3, 0.4) is 0 Å². The summed E-state index contributed by atoms with van der Waals surface area (Å²) in [7, 11) is 1.61. The van der Waals surface area contributed by atoms with E-state index in [-0.39, 0.29) is 43.2 Å². The van der Waals surface area contributed by atoms with E-state index in [1.54, 1.807) is 13.4 Å². The Labute approximate surface area is 213 Å². The third-order valence-electron chi connectivity index (χ3n) is 5.51. The quantitative estimate of drug-likeness (QED) is 0.216. The molecule has 1 aliphatic heterocycles. The molecule has 3 rings (SSSR count). The number of ether oxygens (including phenoxy) is 2. The van der Waals surface area contributed by atoms with Crippen LogP contribution in [0.15, 0.2) is 46.0 Å². The second-order valence-corrected chi connectivity index (χ2v) is 7.76. The van der Waals surface area contributed by atoms with Crippen LogP contribution in [0, 0.1) is 0 Å². The summed E-state index contributed by atoms with van der Waals surface area (Å²) in [4.78, 5) is 7.25. The first-order valence-corrected chi connectivity index (χ1v) is 11.4. The van der Waals surface area contributed by atoms with Gasteiger partial charge in [0.15, 0.2) is 17.5 Å². The molecule has 3 N–H and O–H groups in total. The Morgan fingerprint density at radius 3 is 2.67 bits per heavy atom. The van der Waals surface area contributed by atoms with E-state index in [9.17, 15) is 0 Å². The molecule has 9 heteroatoms. The minimum atomic E-state index is -0.0383. The summed E-state index contributed by atoms with van der Waals surface area (Å²) in [6.07, 6.45) is 5.50. The van der Waals surface area contributed by atoms with Gasteiger partial charge in [-0.25, -0.2) is 4.99 Å². The molecule has 1 fully saturated rings. The third-order valence-corrected chi connectivity index (χ3v) is 5.51. The van der Waals surface area contributed by atoms with Crippen molar-refractivity contribution in [1.29, 1.82) is 0 Å². The molecule has 33 heavy (non-hydrogen) atoms. The number of piperidine rings is 1. The molecular formula is C24H37IN4O4. The average molecular weight is 572 g/mol. The van der Waals surface area contributed by atoms with Gasteiger partial charge in [-0.1, -0.05) is 12.5 Å². The van der Waals surface area contributed by atoms with Crippen molar-refractivity contribution in [2.75, 3.05) is 46.5 Å². The highest BCUT2D eigenvalue weighted by atomic mass is 127. The zero-order chi connectivity index (χ0) is 22.6. The summed E-state index contributed by atoms with van der Waals surface area (Å²) >= 11 is 0. The molecular weight excluding hydrogens is 535 g/mol. The SMILES string of the molecule is CCNC(=NCc1ccc(OCCO)c(OC)c1)NCC(c1ccco1)N1CCCCC1.I. The second kappa shape index (κ2) is 15.0. The molecule has 0 amide bonds. The maximum absolute atomic E-state index is 8.97. The Bertz CT molecular complexity index is 826.